The molecule has 0 unspecified atom stereocenters. The van der Waals surface area contributed by atoms with E-state index < -0.39 is 24.0 Å². The molecule has 1 amide bonds. The van der Waals surface area contributed by atoms with Crippen LogP contribution in [0.1, 0.15) is 53.7 Å². The zero-order valence-corrected chi connectivity index (χ0v) is 21.3. The van der Waals surface area contributed by atoms with Gasteiger partial charge < -0.3 is 5.32 Å². The maximum absolute atomic E-state index is 13.6. The van der Waals surface area contributed by atoms with Crippen molar-refractivity contribution in [2.24, 2.45) is 5.92 Å². The minimum atomic E-state index is -2.89. The molecule has 1 aliphatic carbocycles. The fourth-order valence-corrected chi connectivity index (χ4v) is 5.34. The highest BCUT2D eigenvalue weighted by atomic mass is 35.5. The Labute approximate surface area is 221 Å². The average molecular weight is 544 g/mol. The predicted molar refractivity (Wildman–Crippen MR) is 137 cm³/mol. The number of hydrogen-bond acceptors (Lipinski definition) is 4. The number of amides is 1. The summed E-state index contributed by atoms with van der Waals surface area (Å²) in [4.78, 5) is 33.6. The number of aryl methyl sites for hydroxylation is 1. The van der Waals surface area contributed by atoms with Crippen molar-refractivity contribution in [1.29, 1.82) is 0 Å². The maximum atomic E-state index is 13.6. The molecule has 0 aliphatic heterocycles. The number of rotatable bonds is 6. The van der Waals surface area contributed by atoms with E-state index in [2.05, 4.69) is 15.3 Å². The molecular weight excluding hydrogens is 519 g/mol. The van der Waals surface area contributed by atoms with Crippen LogP contribution in [-0.2, 0) is 6.54 Å². The van der Waals surface area contributed by atoms with E-state index in [9.17, 15) is 22.8 Å². The fraction of sp³-hybridized carbons (Fsp3) is 0.333. The molecule has 0 atom stereocenters. The minimum absolute atomic E-state index is 0.111. The first-order chi connectivity index (χ1) is 18.2. The van der Waals surface area contributed by atoms with Gasteiger partial charge in [0.05, 0.1) is 33.5 Å². The SMILES string of the molecule is Cc1cc(F)ncc1-n1c(=O)n(CC2CCC(NC(=O)c3cc(Cl)cnc3C(F)F)CC2)c2ccccc21. The quantitative estimate of drug-likeness (QED) is 0.321. The second-order valence-electron chi connectivity index (χ2n) is 9.59. The summed E-state index contributed by atoms with van der Waals surface area (Å²) in [5.74, 6) is -1.05. The highest BCUT2D eigenvalue weighted by molar-refractivity contribution is 6.30. The van der Waals surface area contributed by atoms with Crippen molar-refractivity contribution in [3.05, 3.63) is 87.1 Å². The van der Waals surface area contributed by atoms with E-state index >= 15 is 0 Å². The molecule has 3 aromatic heterocycles. The van der Waals surface area contributed by atoms with Crippen LogP contribution in [0.2, 0.25) is 5.02 Å². The third-order valence-corrected chi connectivity index (χ3v) is 7.29. The Morgan fingerprint density at radius 2 is 1.82 bits per heavy atom. The van der Waals surface area contributed by atoms with Crippen molar-refractivity contribution < 1.29 is 18.0 Å². The van der Waals surface area contributed by atoms with Crippen LogP contribution >= 0.6 is 11.6 Å². The Kier molecular flexibility index (Phi) is 7.25. The van der Waals surface area contributed by atoms with E-state index in [1.54, 1.807) is 16.1 Å². The number of hydrogen-bond donors (Lipinski definition) is 1. The number of para-hydroxylation sites is 2. The Balaban J connectivity index is 1.31. The molecule has 0 saturated heterocycles. The van der Waals surface area contributed by atoms with Gasteiger partial charge in [-0.3, -0.25) is 18.9 Å². The van der Waals surface area contributed by atoms with Gasteiger partial charge in [-0.05, 0) is 68.4 Å². The van der Waals surface area contributed by atoms with E-state index in [4.69, 9.17) is 11.6 Å². The number of carbonyl (C=O) groups excluding carboxylic acids is 1. The van der Waals surface area contributed by atoms with Gasteiger partial charge in [-0.2, -0.15) is 4.39 Å². The number of fused-ring (bicyclic) bond motifs is 1. The summed E-state index contributed by atoms with van der Waals surface area (Å²) in [6.45, 7) is 2.21. The Hall–Kier alpha value is -3.66. The molecule has 1 saturated carbocycles. The molecule has 198 valence electrons. The molecule has 1 aliphatic rings. The van der Waals surface area contributed by atoms with E-state index in [0.29, 0.717) is 36.2 Å². The summed E-state index contributed by atoms with van der Waals surface area (Å²) in [7, 11) is 0. The number of alkyl halides is 2. The van der Waals surface area contributed by atoms with Gasteiger partial charge in [-0.15, -0.1) is 0 Å². The van der Waals surface area contributed by atoms with Crippen molar-refractivity contribution in [3.8, 4) is 5.69 Å². The van der Waals surface area contributed by atoms with Gasteiger partial charge in [-0.1, -0.05) is 23.7 Å². The number of halogens is 4. The molecular formula is C27H25ClF3N5O2. The number of aromatic nitrogens is 4. The first-order valence-corrected chi connectivity index (χ1v) is 12.7. The lowest BCUT2D eigenvalue weighted by atomic mass is 9.85. The van der Waals surface area contributed by atoms with Crippen LogP contribution in [0.15, 0.2) is 53.6 Å². The summed E-state index contributed by atoms with van der Waals surface area (Å²) >= 11 is 5.88. The van der Waals surface area contributed by atoms with Gasteiger partial charge in [-0.25, -0.2) is 18.6 Å². The number of benzene rings is 1. The highest BCUT2D eigenvalue weighted by Gasteiger charge is 2.27. The number of carbonyl (C=O) groups is 1. The lowest BCUT2D eigenvalue weighted by molar-refractivity contribution is 0.0904. The molecule has 1 N–H and O–H groups in total. The zero-order chi connectivity index (χ0) is 27.0. The smallest absolute Gasteiger partial charge is 0.333 e. The maximum Gasteiger partial charge on any atom is 0.333 e. The molecule has 5 rings (SSSR count). The van der Waals surface area contributed by atoms with Crippen LogP contribution in [0.25, 0.3) is 16.7 Å². The van der Waals surface area contributed by atoms with Gasteiger partial charge >= 0.3 is 5.69 Å². The third kappa shape index (κ3) is 5.05. The standard InChI is InChI=1S/C27H25ClF3N5O2/c1-15-10-23(29)32-13-22(15)36-21-5-3-2-4-20(21)35(27(36)38)14-16-6-8-18(9-7-16)34-26(37)19-11-17(28)12-33-24(19)25(30)31/h2-5,10-13,16,18,25H,6-9,14H2,1H3,(H,34,37). The molecule has 1 aromatic carbocycles. The van der Waals surface area contributed by atoms with Crippen molar-refractivity contribution in [3.63, 3.8) is 0 Å². The van der Waals surface area contributed by atoms with E-state index in [0.717, 1.165) is 24.6 Å². The number of nitrogens with one attached hydrogen (secondary N) is 1. The predicted octanol–water partition coefficient (Wildman–Crippen LogP) is 5.61. The molecule has 0 spiro atoms. The Morgan fingerprint density at radius 3 is 2.50 bits per heavy atom. The lowest BCUT2D eigenvalue weighted by Gasteiger charge is -2.29. The first kappa shape index (κ1) is 26.0. The Morgan fingerprint density at radius 1 is 1.11 bits per heavy atom. The van der Waals surface area contributed by atoms with Gasteiger partial charge in [0.2, 0.25) is 5.95 Å². The van der Waals surface area contributed by atoms with Crippen molar-refractivity contribution in [2.45, 2.75) is 51.6 Å². The van der Waals surface area contributed by atoms with Crippen LogP contribution in [0.4, 0.5) is 13.2 Å². The van der Waals surface area contributed by atoms with E-state index in [-0.39, 0.29) is 28.2 Å². The van der Waals surface area contributed by atoms with Crippen LogP contribution < -0.4 is 11.0 Å². The monoisotopic (exact) mass is 543 g/mol. The Bertz CT molecular complexity index is 1560. The molecule has 1 fully saturated rings. The fourth-order valence-electron chi connectivity index (χ4n) is 5.18. The summed E-state index contributed by atoms with van der Waals surface area (Å²) in [6, 6.07) is 9.76. The van der Waals surface area contributed by atoms with Gasteiger partial charge in [0, 0.05) is 18.8 Å². The van der Waals surface area contributed by atoms with Gasteiger partial charge in [0.1, 0.15) is 5.69 Å². The molecule has 0 radical (unpaired) electrons. The van der Waals surface area contributed by atoms with Gasteiger partial charge in [0.15, 0.2) is 0 Å². The van der Waals surface area contributed by atoms with Crippen molar-refractivity contribution >= 4 is 28.5 Å². The number of nitrogens with zero attached hydrogens (tertiary/aromatic N) is 4. The average Bonchev–Trinajstić information content (AvgIpc) is 3.16. The number of pyridine rings is 2. The summed E-state index contributed by atoms with van der Waals surface area (Å²) in [5, 5.41) is 2.95. The molecule has 7 nitrogen and oxygen atoms in total. The molecule has 3 heterocycles. The first-order valence-electron chi connectivity index (χ1n) is 12.3. The molecule has 38 heavy (non-hydrogen) atoms. The summed E-state index contributed by atoms with van der Waals surface area (Å²) < 4.78 is 43.5. The van der Waals surface area contributed by atoms with Crippen LogP contribution in [0.5, 0.6) is 0 Å². The summed E-state index contributed by atoms with van der Waals surface area (Å²) in [6.07, 6.45) is 2.33. The van der Waals surface area contributed by atoms with Crippen LogP contribution in [0, 0.1) is 18.8 Å². The van der Waals surface area contributed by atoms with Crippen molar-refractivity contribution in [2.75, 3.05) is 0 Å². The van der Waals surface area contributed by atoms with E-state index in [1.165, 1.54) is 18.3 Å². The third-order valence-electron chi connectivity index (χ3n) is 7.09. The molecule has 0 bridgehead atoms. The topological polar surface area (TPSA) is 81.8 Å². The molecule has 11 heteroatoms. The molecule has 4 aromatic rings. The normalized spacial score (nSPS) is 17.7. The minimum Gasteiger partial charge on any atom is -0.349 e. The van der Waals surface area contributed by atoms with Crippen LogP contribution in [-0.4, -0.2) is 31.1 Å². The second-order valence-corrected chi connectivity index (χ2v) is 10.0. The second kappa shape index (κ2) is 10.6. The van der Waals surface area contributed by atoms with Crippen molar-refractivity contribution in [1.82, 2.24) is 24.4 Å². The van der Waals surface area contributed by atoms with Crippen LogP contribution in [0.3, 0.4) is 0 Å². The number of imidazole rings is 1. The largest absolute Gasteiger partial charge is 0.349 e. The lowest BCUT2D eigenvalue weighted by Crippen LogP contribution is -2.39. The zero-order valence-electron chi connectivity index (χ0n) is 20.5. The van der Waals surface area contributed by atoms with Gasteiger partial charge in [0.25, 0.3) is 12.3 Å². The summed E-state index contributed by atoms with van der Waals surface area (Å²) in [5.41, 5.74) is 1.55. The van der Waals surface area contributed by atoms with E-state index in [1.807, 2.05) is 24.3 Å². The highest BCUT2D eigenvalue weighted by Crippen LogP contribution is 2.29.